The SMILES string of the molecule is CCCC(P(c1cc(C)cc(C)c1)c1cc(C)cc(C)c1)P(c1cc(C)cc(C)c1)c1cc(C)cc(C)c1. The molecule has 0 nitrogen and oxygen atoms in total. The van der Waals surface area contributed by atoms with Gasteiger partial charge in [0.25, 0.3) is 0 Å². The minimum Gasteiger partial charge on any atom is -0.0653 e. The first-order valence-corrected chi connectivity index (χ1v) is 16.8. The van der Waals surface area contributed by atoms with Crippen molar-refractivity contribution in [1.29, 1.82) is 0 Å². The van der Waals surface area contributed by atoms with Crippen LogP contribution in [0, 0.1) is 55.4 Å². The summed E-state index contributed by atoms with van der Waals surface area (Å²) in [4.78, 5) is 0. The van der Waals surface area contributed by atoms with Crippen LogP contribution in [-0.2, 0) is 0 Å². The predicted molar refractivity (Wildman–Crippen MR) is 175 cm³/mol. The summed E-state index contributed by atoms with van der Waals surface area (Å²) in [6.45, 7) is 20.5. The topological polar surface area (TPSA) is 0 Å². The fourth-order valence-corrected chi connectivity index (χ4v) is 14.2. The first-order chi connectivity index (χ1) is 18.0. The van der Waals surface area contributed by atoms with Crippen LogP contribution in [0.3, 0.4) is 0 Å². The van der Waals surface area contributed by atoms with Crippen molar-refractivity contribution in [2.75, 3.05) is 0 Å². The first kappa shape index (κ1) is 28.7. The lowest BCUT2D eigenvalue weighted by atomic mass is 10.2. The second-order valence-corrected chi connectivity index (χ2v) is 16.6. The summed E-state index contributed by atoms with van der Waals surface area (Å²) in [5.74, 6) is 0. The molecule has 0 unspecified atom stereocenters. The molecule has 0 saturated carbocycles. The average Bonchev–Trinajstić information content (AvgIpc) is 2.77. The monoisotopic (exact) mass is 538 g/mol. The molecule has 0 saturated heterocycles. The molecule has 0 atom stereocenters. The maximum absolute atomic E-state index is 2.48. The Labute approximate surface area is 234 Å². The quantitative estimate of drug-likeness (QED) is 0.197. The van der Waals surface area contributed by atoms with Gasteiger partial charge in [-0.1, -0.05) is 131 Å². The van der Waals surface area contributed by atoms with E-state index in [1.54, 1.807) is 0 Å². The molecule has 0 amide bonds. The fraction of sp³-hybridized carbons (Fsp3) is 0.333. The Hall–Kier alpha value is -2.26. The molecule has 4 aromatic carbocycles. The summed E-state index contributed by atoms with van der Waals surface area (Å²) in [7, 11) is -1.16. The van der Waals surface area contributed by atoms with Gasteiger partial charge in [-0.2, -0.15) is 0 Å². The molecule has 0 heterocycles. The molecule has 0 aliphatic heterocycles. The van der Waals surface area contributed by atoms with Crippen LogP contribution < -0.4 is 21.2 Å². The molecule has 0 fully saturated rings. The zero-order chi connectivity index (χ0) is 27.6. The molecular weight excluding hydrogens is 494 g/mol. The zero-order valence-electron chi connectivity index (χ0n) is 24.8. The van der Waals surface area contributed by atoms with Gasteiger partial charge in [0.15, 0.2) is 0 Å². The molecule has 4 aromatic rings. The van der Waals surface area contributed by atoms with Crippen LogP contribution in [0.25, 0.3) is 0 Å². The summed E-state index contributed by atoms with van der Waals surface area (Å²) >= 11 is 0. The predicted octanol–water partition coefficient (Wildman–Crippen LogP) is 8.85. The Morgan fingerprint density at radius 1 is 0.395 bits per heavy atom. The largest absolute Gasteiger partial charge is 0.0653 e. The molecule has 4 rings (SSSR count). The first-order valence-electron chi connectivity index (χ1n) is 14.0. The van der Waals surface area contributed by atoms with Gasteiger partial charge < -0.3 is 0 Å². The van der Waals surface area contributed by atoms with Crippen LogP contribution in [0.15, 0.2) is 72.8 Å². The van der Waals surface area contributed by atoms with Crippen LogP contribution >= 0.6 is 15.8 Å². The van der Waals surface area contributed by atoms with Gasteiger partial charge in [0.1, 0.15) is 0 Å². The van der Waals surface area contributed by atoms with E-state index in [-0.39, 0.29) is 0 Å². The van der Waals surface area contributed by atoms with Gasteiger partial charge in [0.05, 0.1) is 0 Å². The summed E-state index contributed by atoms with van der Waals surface area (Å²) in [5.41, 5.74) is 11.0. The average molecular weight is 539 g/mol. The normalized spacial score (nSPS) is 11.7. The highest BCUT2D eigenvalue weighted by atomic mass is 31.2. The molecular formula is C36H44P2. The van der Waals surface area contributed by atoms with Crippen molar-refractivity contribution in [3.8, 4) is 0 Å². The number of aryl methyl sites for hydroxylation is 8. The maximum Gasteiger partial charge on any atom is 0.0154 e. The Balaban J connectivity index is 2.05. The van der Waals surface area contributed by atoms with Gasteiger partial charge in [-0.3, -0.25) is 0 Å². The zero-order valence-corrected chi connectivity index (χ0v) is 26.6. The second-order valence-electron chi connectivity index (χ2n) is 11.4. The molecule has 38 heavy (non-hydrogen) atoms. The third kappa shape index (κ3) is 6.84. The Bertz CT molecular complexity index is 1140. The fourth-order valence-electron chi connectivity index (χ4n) is 5.98. The van der Waals surface area contributed by atoms with E-state index in [0.29, 0.717) is 5.40 Å². The summed E-state index contributed by atoms with van der Waals surface area (Å²) < 4.78 is 0. The number of hydrogen-bond donors (Lipinski definition) is 0. The highest BCUT2D eigenvalue weighted by Crippen LogP contribution is 2.58. The lowest BCUT2D eigenvalue weighted by Gasteiger charge is -2.37. The van der Waals surface area contributed by atoms with Crippen LogP contribution in [0.5, 0.6) is 0 Å². The molecule has 0 bridgehead atoms. The van der Waals surface area contributed by atoms with Crippen molar-refractivity contribution in [3.63, 3.8) is 0 Å². The number of benzene rings is 4. The molecule has 2 heteroatoms. The molecule has 0 aliphatic carbocycles. The molecule has 0 aliphatic rings. The van der Waals surface area contributed by atoms with Gasteiger partial charge in [-0.25, -0.2) is 0 Å². The standard InChI is InChI=1S/C36H44P2/c1-10-11-36(37(32-16-24(2)12-25(3)17-32)33-18-26(4)13-27(5)19-33)38(34-20-28(6)14-29(7)21-34)35-22-30(8)15-31(9)23-35/h12-23,36H,10-11H2,1-9H3. The second kappa shape index (κ2) is 12.3. The van der Waals surface area contributed by atoms with Crippen molar-refractivity contribution < 1.29 is 0 Å². The van der Waals surface area contributed by atoms with Gasteiger partial charge >= 0.3 is 0 Å². The van der Waals surface area contributed by atoms with E-state index in [2.05, 4.69) is 135 Å². The van der Waals surface area contributed by atoms with E-state index in [0.717, 1.165) is 0 Å². The van der Waals surface area contributed by atoms with Gasteiger partial charge in [-0.15, -0.1) is 0 Å². The van der Waals surface area contributed by atoms with Gasteiger partial charge in [0.2, 0.25) is 0 Å². The van der Waals surface area contributed by atoms with E-state index < -0.39 is 15.8 Å². The van der Waals surface area contributed by atoms with Gasteiger partial charge in [0, 0.05) is 5.40 Å². The molecule has 0 spiro atoms. The van der Waals surface area contributed by atoms with E-state index in [9.17, 15) is 0 Å². The lowest BCUT2D eigenvalue weighted by Crippen LogP contribution is -2.28. The van der Waals surface area contributed by atoms with Crippen LogP contribution in [0.4, 0.5) is 0 Å². The molecule has 0 N–H and O–H groups in total. The number of hydrogen-bond acceptors (Lipinski definition) is 0. The third-order valence-corrected chi connectivity index (χ3v) is 13.4. The van der Waals surface area contributed by atoms with Gasteiger partial charge in [-0.05, 0) is 98.9 Å². The number of rotatable bonds is 8. The van der Waals surface area contributed by atoms with E-state index in [4.69, 9.17) is 0 Å². The summed E-state index contributed by atoms with van der Waals surface area (Å²) in [5, 5.41) is 6.67. The maximum atomic E-state index is 2.48. The van der Waals surface area contributed by atoms with E-state index in [1.807, 2.05) is 0 Å². The Kier molecular flexibility index (Phi) is 9.29. The summed E-state index contributed by atoms with van der Waals surface area (Å²) in [6.07, 6.45) is 2.41. The van der Waals surface area contributed by atoms with Crippen molar-refractivity contribution in [2.24, 2.45) is 0 Å². The van der Waals surface area contributed by atoms with E-state index in [1.165, 1.54) is 78.6 Å². The van der Waals surface area contributed by atoms with Crippen LogP contribution in [-0.4, -0.2) is 5.40 Å². The highest BCUT2D eigenvalue weighted by Gasteiger charge is 2.34. The van der Waals surface area contributed by atoms with Crippen LogP contribution in [0.2, 0.25) is 0 Å². The molecule has 0 radical (unpaired) electrons. The van der Waals surface area contributed by atoms with Crippen molar-refractivity contribution in [1.82, 2.24) is 0 Å². The smallest absolute Gasteiger partial charge is 0.0154 e. The van der Waals surface area contributed by atoms with Crippen molar-refractivity contribution >= 4 is 37.1 Å². The third-order valence-electron chi connectivity index (χ3n) is 7.08. The highest BCUT2D eigenvalue weighted by molar-refractivity contribution is 7.89. The summed E-state index contributed by atoms with van der Waals surface area (Å²) in [6, 6.07) is 29.1. The molecule has 198 valence electrons. The Morgan fingerprint density at radius 3 is 0.789 bits per heavy atom. The van der Waals surface area contributed by atoms with E-state index >= 15 is 0 Å². The Morgan fingerprint density at radius 2 is 0.605 bits per heavy atom. The van der Waals surface area contributed by atoms with Crippen molar-refractivity contribution in [2.45, 2.75) is 80.6 Å². The minimum absolute atomic E-state index is 0.551. The van der Waals surface area contributed by atoms with Crippen molar-refractivity contribution in [3.05, 3.63) is 117 Å². The lowest BCUT2D eigenvalue weighted by molar-refractivity contribution is 0.863. The van der Waals surface area contributed by atoms with Crippen LogP contribution in [0.1, 0.15) is 64.3 Å². The molecule has 0 aromatic heterocycles. The minimum atomic E-state index is -0.581.